The van der Waals surface area contributed by atoms with E-state index < -0.39 is 12.3 Å². The van der Waals surface area contributed by atoms with Crippen molar-refractivity contribution in [3.05, 3.63) is 0 Å². The Morgan fingerprint density at radius 1 is 1.80 bits per heavy atom. The number of rotatable bonds is 3. The lowest BCUT2D eigenvalue weighted by molar-refractivity contribution is 0.0570. The molecule has 0 aliphatic rings. The zero-order valence-electron chi connectivity index (χ0n) is 6.00. The van der Waals surface area contributed by atoms with Gasteiger partial charge < -0.3 is 9.84 Å². The van der Waals surface area contributed by atoms with Crippen molar-refractivity contribution in [1.29, 1.82) is 0 Å². The molecule has 0 aliphatic carbocycles. The number of carboxylic acid groups (broad SMARTS) is 1. The van der Waals surface area contributed by atoms with E-state index in [1.165, 1.54) is 0 Å². The van der Waals surface area contributed by atoms with Crippen LogP contribution in [0.25, 0.3) is 0 Å². The van der Waals surface area contributed by atoms with Crippen molar-refractivity contribution >= 4 is 17.8 Å². The third-order valence-electron chi connectivity index (χ3n) is 1.19. The fourth-order valence-electron chi connectivity index (χ4n) is 0.565. The minimum atomic E-state index is -1.27. The van der Waals surface area contributed by atoms with Gasteiger partial charge in [0.1, 0.15) is 6.10 Å². The highest BCUT2D eigenvalue weighted by atomic mass is 35.5. The van der Waals surface area contributed by atoms with Crippen molar-refractivity contribution in [2.24, 2.45) is 0 Å². The Morgan fingerprint density at radius 2 is 2.30 bits per heavy atom. The predicted octanol–water partition coefficient (Wildman–Crippen LogP) is 2.09. The molecule has 0 amide bonds. The van der Waals surface area contributed by atoms with E-state index in [4.69, 9.17) is 16.7 Å². The molecule has 0 saturated carbocycles. The van der Waals surface area contributed by atoms with Gasteiger partial charge in [-0.1, -0.05) is 6.92 Å². The zero-order chi connectivity index (χ0) is 8.15. The lowest BCUT2D eigenvalue weighted by Gasteiger charge is -2.14. The molecule has 0 aromatic heterocycles. The van der Waals surface area contributed by atoms with Crippen LogP contribution in [0, 0.1) is 0 Å². The van der Waals surface area contributed by atoms with Crippen molar-refractivity contribution < 1.29 is 14.6 Å². The molecule has 0 aromatic rings. The van der Waals surface area contributed by atoms with Crippen molar-refractivity contribution in [2.45, 2.75) is 31.7 Å². The Morgan fingerprint density at radius 3 is 2.60 bits per heavy atom. The average Bonchev–Trinajstić information content (AvgIpc) is 1.85. The first-order valence-electron chi connectivity index (χ1n) is 3.11. The summed E-state index contributed by atoms with van der Waals surface area (Å²) in [6.45, 7) is 3.51. The van der Waals surface area contributed by atoms with Crippen LogP contribution in [0.3, 0.4) is 0 Å². The maximum Gasteiger partial charge on any atom is 0.506 e. The summed E-state index contributed by atoms with van der Waals surface area (Å²) in [5, 5.41) is 7.92. The molecule has 0 heterocycles. The van der Waals surface area contributed by atoms with Crippen molar-refractivity contribution in [3.8, 4) is 0 Å². The maximum absolute atomic E-state index is 9.95. The quantitative estimate of drug-likeness (QED) is 0.516. The van der Waals surface area contributed by atoms with Gasteiger partial charge in [-0.2, -0.15) is 0 Å². The van der Waals surface area contributed by atoms with Gasteiger partial charge >= 0.3 is 6.16 Å². The number of hydrogen-bond donors (Lipinski definition) is 1. The summed E-state index contributed by atoms with van der Waals surface area (Å²) in [5.41, 5.74) is 0. The van der Waals surface area contributed by atoms with Crippen LogP contribution in [-0.4, -0.2) is 22.7 Å². The molecule has 10 heavy (non-hydrogen) atoms. The molecule has 4 heteroatoms. The third kappa shape index (κ3) is 3.56. The summed E-state index contributed by atoms with van der Waals surface area (Å²) in [4.78, 5) is 9.95. The van der Waals surface area contributed by atoms with E-state index >= 15 is 0 Å². The first-order chi connectivity index (χ1) is 4.57. The Hall–Kier alpha value is -0.440. The van der Waals surface area contributed by atoms with Crippen LogP contribution in [0.2, 0.25) is 0 Å². The molecule has 0 bridgehead atoms. The molecule has 0 saturated heterocycles. The number of carbonyl (C=O) groups is 1. The third-order valence-corrected chi connectivity index (χ3v) is 1.85. The summed E-state index contributed by atoms with van der Waals surface area (Å²) in [5.74, 6) is 0. The maximum atomic E-state index is 9.95. The molecule has 3 nitrogen and oxygen atoms in total. The Bertz CT molecular complexity index is 116. The van der Waals surface area contributed by atoms with E-state index in [-0.39, 0.29) is 5.38 Å². The second kappa shape index (κ2) is 4.39. The van der Waals surface area contributed by atoms with Crippen LogP contribution in [0.4, 0.5) is 4.79 Å². The summed E-state index contributed by atoms with van der Waals surface area (Å²) >= 11 is 5.67. The molecule has 2 unspecified atom stereocenters. The highest BCUT2D eigenvalue weighted by molar-refractivity contribution is 6.21. The molecule has 1 N–H and O–H groups in total. The van der Waals surface area contributed by atoms with Gasteiger partial charge in [0.25, 0.3) is 0 Å². The molecule has 0 aromatic carbocycles. The van der Waals surface area contributed by atoms with Gasteiger partial charge in [0.05, 0.1) is 5.38 Å². The molecule has 0 spiro atoms. The van der Waals surface area contributed by atoms with E-state index in [1.54, 1.807) is 6.92 Å². The summed E-state index contributed by atoms with van der Waals surface area (Å²) in [7, 11) is 0. The molecular weight excluding hydrogens is 156 g/mol. The van der Waals surface area contributed by atoms with Crippen molar-refractivity contribution in [2.75, 3.05) is 0 Å². The van der Waals surface area contributed by atoms with E-state index in [9.17, 15) is 4.79 Å². The van der Waals surface area contributed by atoms with Gasteiger partial charge in [-0.05, 0) is 13.3 Å². The molecule has 60 valence electrons. The van der Waals surface area contributed by atoms with Crippen molar-refractivity contribution in [1.82, 2.24) is 0 Å². The van der Waals surface area contributed by atoms with Crippen LogP contribution in [0.15, 0.2) is 0 Å². The Kier molecular flexibility index (Phi) is 4.19. The largest absolute Gasteiger partial charge is 0.506 e. The van der Waals surface area contributed by atoms with Crippen LogP contribution in [-0.2, 0) is 4.74 Å². The van der Waals surface area contributed by atoms with Crippen LogP contribution < -0.4 is 0 Å². The second-order valence-electron chi connectivity index (χ2n) is 2.01. The SMILES string of the molecule is CCC(Cl)C(C)OC(=O)O. The van der Waals surface area contributed by atoms with Crippen LogP contribution >= 0.6 is 11.6 Å². The second-order valence-corrected chi connectivity index (χ2v) is 2.57. The average molecular weight is 167 g/mol. The van der Waals surface area contributed by atoms with E-state index in [1.807, 2.05) is 6.92 Å². The van der Waals surface area contributed by atoms with Crippen molar-refractivity contribution in [3.63, 3.8) is 0 Å². The van der Waals surface area contributed by atoms with E-state index in [2.05, 4.69) is 4.74 Å². The standard InChI is InChI=1S/C6H11ClO3/c1-3-5(7)4(2)10-6(8)9/h4-5H,3H2,1-2H3,(H,8,9). The minimum Gasteiger partial charge on any atom is -0.450 e. The number of ether oxygens (including phenoxy) is 1. The van der Waals surface area contributed by atoms with Gasteiger partial charge in [-0.25, -0.2) is 4.79 Å². The highest BCUT2D eigenvalue weighted by Crippen LogP contribution is 2.09. The minimum absolute atomic E-state index is 0.226. The molecule has 0 fully saturated rings. The van der Waals surface area contributed by atoms with Crippen LogP contribution in [0.1, 0.15) is 20.3 Å². The van der Waals surface area contributed by atoms with Gasteiger partial charge in [-0.15, -0.1) is 11.6 Å². The van der Waals surface area contributed by atoms with E-state index in [0.29, 0.717) is 6.42 Å². The molecule has 0 radical (unpaired) electrons. The fourth-order valence-corrected chi connectivity index (χ4v) is 0.616. The monoisotopic (exact) mass is 166 g/mol. The Labute approximate surface area is 64.9 Å². The Balaban J connectivity index is 3.61. The number of halogens is 1. The molecule has 0 aliphatic heterocycles. The lowest BCUT2D eigenvalue weighted by atomic mass is 10.2. The molecule has 2 atom stereocenters. The van der Waals surface area contributed by atoms with E-state index in [0.717, 1.165) is 0 Å². The zero-order valence-corrected chi connectivity index (χ0v) is 6.76. The molecule has 0 rings (SSSR count). The first kappa shape index (κ1) is 9.56. The number of alkyl halides is 1. The fraction of sp³-hybridized carbons (Fsp3) is 0.833. The van der Waals surface area contributed by atoms with Gasteiger partial charge in [0, 0.05) is 0 Å². The van der Waals surface area contributed by atoms with Gasteiger partial charge in [0.2, 0.25) is 0 Å². The first-order valence-corrected chi connectivity index (χ1v) is 3.55. The van der Waals surface area contributed by atoms with Crippen LogP contribution in [0.5, 0.6) is 0 Å². The predicted molar refractivity (Wildman–Crippen MR) is 38.5 cm³/mol. The normalized spacial score (nSPS) is 15.9. The highest BCUT2D eigenvalue weighted by Gasteiger charge is 2.15. The smallest absolute Gasteiger partial charge is 0.450 e. The van der Waals surface area contributed by atoms with Gasteiger partial charge in [-0.3, -0.25) is 0 Å². The summed E-state index contributed by atoms with van der Waals surface area (Å²) in [6, 6.07) is 0. The lowest BCUT2D eigenvalue weighted by Crippen LogP contribution is -2.22. The molecular formula is C6H11ClO3. The van der Waals surface area contributed by atoms with Gasteiger partial charge in [0.15, 0.2) is 0 Å². The summed E-state index contributed by atoms with van der Waals surface area (Å²) in [6.07, 6.45) is -0.994. The summed E-state index contributed by atoms with van der Waals surface area (Å²) < 4.78 is 4.39. The number of hydrogen-bond acceptors (Lipinski definition) is 2. The topological polar surface area (TPSA) is 46.5 Å².